The molecule has 0 aliphatic heterocycles. The molecule has 6 nitrogen and oxygen atoms in total. The number of rotatable bonds is 5. The molecule has 0 atom stereocenters. The third kappa shape index (κ3) is 4.57. The number of hydrogen-bond acceptors (Lipinski definition) is 6. The largest absolute Gasteiger partial charge is 0.474 e. The molecule has 0 bridgehead atoms. The molecule has 1 aliphatic carbocycles. The quantitative estimate of drug-likeness (QED) is 0.766. The van der Waals surface area contributed by atoms with Gasteiger partial charge < -0.3 is 9.47 Å². The van der Waals surface area contributed by atoms with Crippen LogP contribution in [0.1, 0.15) is 37.7 Å². The van der Waals surface area contributed by atoms with Crippen molar-refractivity contribution in [2.45, 2.75) is 38.2 Å². The van der Waals surface area contributed by atoms with E-state index in [0.717, 1.165) is 36.9 Å². The Morgan fingerprint density at radius 3 is 2.54 bits per heavy atom. The molecule has 2 heterocycles. The molecular formula is C20H21N3O3. The molecule has 6 heteroatoms. The zero-order valence-electron chi connectivity index (χ0n) is 14.7. The lowest BCUT2D eigenvalue weighted by Crippen LogP contribution is -2.25. The fourth-order valence-electron chi connectivity index (χ4n) is 3.18. The molecule has 0 N–H and O–H groups in total. The van der Waals surface area contributed by atoms with Gasteiger partial charge in [-0.25, -0.2) is 4.98 Å². The van der Waals surface area contributed by atoms with Crippen LogP contribution in [0.4, 0.5) is 0 Å². The summed E-state index contributed by atoms with van der Waals surface area (Å²) in [5.74, 6) is 0.849. The molecular weight excluding hydrogens is 330 g/mol. The highest BCUT2D eigenvalue weighted by atomic mass is 16.5. The van der Waals surface area contributed by atoms with Crippen LogP contribution in [0.15, 0.2) is 36.7 Å². The van der Waals surface area contributed by atoms with Crippen LogP contribution in [0.25, 0.3) is 11.3 Å². The van der Waals surface area contributed by atoms with Crippen molar-refractivity contribution >= 4 is 5.97 Å². The van der Waals surface area contributed by atoms with Crippen molar-refractivity contribution < 1.29 is 14.3 Å². The first-order chi connectivity index (χ1) is 12.7. The molecule has 0 unspecified atom stereocenters. The minimum absolute atomic E-state index is 0.135. The molecule has 1 aliphatic rings. The molecule has 0 amide bonds. The van der Waals surface area contributed by atoms with Crippen molar-refractivity contribution in [3.63, 3.8) is 0 Å². The Labute approximate surface area is 152 Å². The second-order valence-electron chi connectivity index (χ2n) is 6.47. The number of methoxy groups -OCH3 is 1. The average Bonchev–Trinajstić information content (AvgIpc) is 2.70. The summed E-state index contributed by atoms with van der Waals surface area (Å²) in [5, 5.41) is 8.82. The van der Waals surface area contributed by atoms with E-state index in [0.29, 0.717) is 23.8 Å². The van der Waals surface area contributed by atoms with Gasteiger partial charge in [0.2, 0.25) is 5.88 Å². The summed E-state index contributed by atoms with van der Waals surface area (Å²) in [7, 11) is 1.43. The van der Waals surface area contributed by atoms with Crippen molar-refractivity contribution in [3.8, 4) is 23.2 Å². The summed E-state index contributed by atoms with van der Waals surface area (Å²) in [4.78, 5) is 20.0. The van der Waals surface area contributed by atoms with E-state index in [1.54, 1.807) is 24.5 Å². The van der Waals surface area contributed by atoms with E-state index in [1.807, 2.05) is 12.1 Å². The lowest BCUT2D eigenvalue weighted by Gasteiger charge is -2.28. The lowest BCUT2D eigenvalue weighted by atomic mass is 9.85. The Balaban J connectivity index is 1.53. The van der Waals surface area contributed by atoms with E-state index in [1.165, 1.54) is 7.11 Å². The van der Waals surface area contributed by atoms with Crippen LogP contribution in [0.3, 0.4) is 0 Å². The first-order valence-electron chi connectivity index (χ1n) is 8.74. The Kier molecular flexibility index (Phi) is 5.80. The summed E-state index contributed by atoms with van der Waals surface area (Å²) in [5.41, 5.74) is 2.18. The zero-order chi connectivity index (χ0) is 18.4. The normalized spacial score (nSPS) is 19.4. The lowest BCUT2D eigenvalue weighted by molar-refractivity contribution is -0.142. The molecule has 0 radical (unpaired) electrons. The van der Waals surface area contributed by atoms with E-state index in [9.17, 15) is 4.79 Å². The van der Waals surface area contributed by atoms with Crippen LogP contribution in [0.2, 0.25) is 0 Å². The highest BCUT2D eigenvalue weighted by molar-refractivity contribution is 5.69. The SMILES string of the molecule is COC(=O)CC1CCC(Oc2ccc(-c3ccc(C#N)cn3)cn2)CC1. The third-order valence-corrected chi connectivity index (χ3v) is 4.69. The zero-order valence-corrected chi connectivity index (χ0v) is 14.7. The highest BCUT2D eigenvalue weighted by Gasteiger charge is 2.24. The molecule has 0 aromatic carbocycles. The number of carbonyl (C=O) groups excluding carboxylic acids is 1. The Hall–Kier alpha value is -2.94. The van der Waals surface area contributed by atoms with Gasteiger partial charge in [0, 0.05) is 30.4 Å². The number of hydrogen-bond donors (Lipinski definition) is 0. The van der Waals surface area contributed by atoms with Gasteiger partial charge in [-0.15, -0.1) is 0 Å². The number of nitrogens with zero attached hydrogens (tertiary/aromatic N) is 3. The summed E-state index contributed by atoms with van der Waals surface area (Å²) >= 11 is 0. The van der Waals surface area contributed by atoms with Gasteiger partial charge in [-0.1, -0.05) is 0 Å². The fraction of sp³-hybridized carbons (Fsp3) is 0.400. The Morgan fingerprint density at radius 2 is 1.96 bits per heavy atom. The molecule has 2 aromatic rings. The third-order valence-electron chi connectivity index (χ3n) is 4.69. The predicted octanol–water partition coefficient (Wildman–Crippen LogP) is 3.52. The summed E-state index contributed by atoms with van der Waals surface area (Å²) in [6, 6.07) is 9.35. The molecule has 0 spiro atoms. The van der Waals surface area contributed by atoms with Gasteiger partial charge >= 0.3 is 5.97 Å². The topological polar surface area (TPSA) is 85.1 Å². The minimum atomic E-state index is -0.136. The average molecular weight is 351 g/mol. The maximum Gasteiger partial charge on any atom is 0.305 e. The molecule has 134 valence electrons. The van der Waals surface area contributed by atoms with Crippen molar-refractivity contribution in [1.82, 2.24) is 9.97 Å². The summed E-state index contributed by atoms with van der Waals surface area (Å²) < 4.78 is 10.7. The Morgan fingerprint density at radius 1 is 1.15 bits per heavy atom. The monoisotopic (exact) mass is 351 g/mol. The van der Waals surface area contributed by atoms with Crippen LogP contribution in [-0.2, 0) is 9.53 Å². The fourth-order valence-corrected chi connectivity index (χ4v) is 3.18. The van der Waals surface area contributed by atoms with Crippen LogP contribution in [0, 0.1) is 17.2 Å². The molecule has 1 fully saturated rings. The maximum absolute atomic E-state index is 11.4. The highest BCUT2D eigenvalue weighted by Crippen LogP contribution is 2.29. The van der Waals surface area contributed by atoms with Gasteiger partial charge in [-0.2, -0.15) is 5.26 Å². The van der Waals surface area contributed by atoms with Crippen LogP contribution >= 0.6 is 0 Å². The number of carbonyl (C=O) groups is 1. The van der Waals surface area contributed by atoms with Gasteiger partial charge in [-0.3, -0.25) is 9.78 Å². The number of aromatic nitrogens is 2. The number of nitriles is 1. The minimum Gasteiger partial charge on any atom is -0.474 e. The van der Waals surface area contributed by atoms with Gasteiger partial charge in [0.15, 0.2) is 0 Å². The molecule has 1 saturated carbocycles. The first kappa shape index (κ1) is 17.9. The standard InChI is InChI=1S/C20H21N3O3/c1-25-20(24)10-14-2-6-17(7-3-14)26-19-9-5-16(13-23-19)18-8-4-15(11-21)12-22-18/h4-5,8-9,12-14,17H,2-3,6-7,10H2,1H3. The molecule has 2 aromatic heterocycles. The Bertz CT molecular complexity index is 773. The van der Waals surface area contributed by atoms with Gasteiger partial charge in [0.25, 0.3) is 0 Å². The van der Waals surface area contributed by atoms with Crippen molar-refractivity contribution in [2.75, 3.05) is 7.11 Å². The number of ether oxygens (including phenoxy) is 2. The second-order valence-corrected chi connectivity index (χ2v) is 6.47. The number of esters is 1. The molecule has 3 rings (SSSR count). The maximum atomic E-state index is 11.4. The van der Waals surface area contributed by atoms with Gasteiger partial charge in [0.1, 0.15) is 12.2 Å². The summed E-state index contributed by atoms with van der Waals surface area (Å²) in [6.07, 6.45) is 7.67. The van der Waals surface area contributed by atoms with E-state index >= 15 is 0 Å². The van der Waals surface area contributed by atoms with Gasteiger partial charge in [-0.05, 0) is 49.8 Å². The van der Waals surface area contributed by atoms with Crippen LogP contribution in [0.5, 0.6) is 5.88 Å². The number of pyridine rings is 2. The van der Waals surface area contributed by atoms with E-state index in [4.69, 9.17) is 14.7 Å². The van der Waals surface area contributed by atoms with Crippen molar-refractivity contribution in [2.24, 2.45) is 5.92 Å². The summed E-state index contributed by atoms with van der Waals surface area (Å²) in [6.45, 7) is 0. The van der Waals surface area contributed by atoms with E-state index in [2.05, 4.69) is 16.0 Å². The van der Waals surface area contributed by atoms with Crippen molar-refractivity contribution in [1.29, 1.82) is 5.26 Å². The molecule has 26 heavy (non-hydrogen) atoms. The second kappa shape index (κ2) is 8.43. The van der Waals surface area contributed by atoms with E-state index in [-0.39, 0.29) is 12.1 Å². The smallest absolute Gasteiger partial charge is 0.305 e. The molecule has 0 saturated heterocycles. The first-order valence-corrected chi connectivity index (χ1v) is 8.74. The van der Waals surface area contributed by atoms with Crippen LogP contribution < -0.4 is 4.74 Å². The van der Waals surface area contributed by atoms with Crippen LogP contribution in [-0.4, -0.2) is 29.2 Å². The van der Waals surface area contributed by atoms with Gasteiger partial charge in [0.05, 0.1) is 18.4 Å². The van der Waals surface area contributed by atoms with Crippen molar-refractivity contribution in [3.05, 3.63) is 42.2 Å². The predicted molar refractivity (Wildman–Crippen MR) is 95.2 cm³/mol. The van der Waals surface area contributed by atoms with E-state index < -0.39 is 0 Å².